The number of aliphatic hydroxyl groups is 4. The van der Waals surface area contributed by atoms with E-state index < -0.39 is 60.1 Å². The molecule has 4 aromatic heterocycles. The molecule has 73 heavy (non-hydrogen) atoms. The second-order valence-electron chi connectivity index (χ2n) is 20.5. The van der Waals surface area contributed by atoms with Crippen LogP contribution in [0.3, 0.4) is 0 Å². The number of rotatable bonds is 18. The number of nitrogen functional groups attached to an aromatic ring is 2. The molecule has 0 bridgehead atoms. The van der Waals surface area contributed by atoms with Crippen molar-refractivity contribution in [1.29, 1.82) is 0 Å². The van der Waals surface area contributed by atoms with Crippen molar-refractivity contribution in [3.05, 3.63) is 90.0 Å². The standard InChI is InChI=1S/C49H66N14O10/c1-47(2,3)29-12-14-31(15-13-29)57-46(68)71-19-17-61(7)23-33-39(66)49(69,24-72-33)63-27-56-36-41(51)58-34(59-43(36)63)20-48(4,5)30-10-8-28(9-11-30)21-52-45(67)70-18-16-60(6)22-32-37(64)38(65)44(73-32)62-26-55-35-40(50)53-25-54-42(35)62/h8-15,25-27,32-33,37-39,44,64-66,69H,16-24H2,1-7H3,(H,52,67)(H,57,68)(H2,50,53,54)(H2,51,58,59). The number of ether oxygens (including phenoxy) is 4. The third kappa shape index (κ3) is 11.8. The smallest absolute Gasteiger partial charge is 0.411 e. The number of hydrogen-bond acceptors (Lipinski definition) is 20. The van der Waals surface area contributed by atoms with Gasteiger partial charge in [0.2, 0.25) is 0 Å². The lowest BCUT2D eigenvalue weighted by atomic mass is 9.81. The van der Waals surface area contributed by atoms with Crippen LogP contribution in [0.15, 0.2) is 67.5 Å². The summed E-state index contributed by atoms with van der Waals surface area (Å²) < 4.78 is 25.7. The molecule has 2 amide bonds. The third-order valence-electron chi connectivity index (χ3n) is 13.4. The van der Waals surface area contributed by atoms with Gasteiger partial charge in [0.15, 0.2) is 34.9 Å². The second kappa shape index (κ2) is 21.4. The Morgan fingerprint density at radius 1 is 0.795 bits per heavy atom. The summed E-state index contributed by atoms with van der Waals surface area (Å²) >= 11 is 0. The zero-order chi connectivity index (χ0) is 52.4. The van der Waals surface area contributed by atoms with Gasteiger partial charge in [-0.3, -0.25) is 14.5 Å². The van der Waals surface area contributed by atoms with Crippen molar-refractivity contribution in [2.45, 2.75) is 101 Å². The number of aliphatic hydroxyl groups excluding tert-OH is 3. The Kier molecular flexibility index (Phi) is 15.5. The van der Waals surface area contributed by atoms with Crippen molar-refractivity contribution in [2.24, 2.45) is 0 Å². The Labute approximate surface area is 421 Å². The number of nitrogens with zero attached hydrogens (tertiary/aromatic N) is 10. The monoisotopic (exact) mass is 1010 g/mol. The Morgan fingerprint density at radius 3 is 2.11 bits per heavy atom. The molecular formula is C49H66N14O10. The SMILES string of the molecule is CN(CCOC(=O)NCc1ccc(C(C)(C)Cc2nc(N)c3ncn(C4(O)COC(CN(C)CCOC(=O)Nc5ccc(C(C)(C)C)cc5)C4O)c3n2)cc1)CC1OC(n2cnc3c(N)ncnc32)C(O)C1O. The van der Waals surface area contributed by atoms with Gasteiger partial charge < -0.3 is 66.0 Å². The van der Waals surface area contributed by atoms with Crippen molar-refractivity contribution in [3.63, 3.8) is 0 Å². The average Bonchev–Trinajstić information content (AvgIpc) is 4.11. The minimum Gasteiger partial charge on any atom is -0.448 e. The van der Waals surface area contributed by atoms with E-state index in [4.69, 9.17) is 35.4 Å². The van der Waals surface area contributed by atoms with Crippen LogP contribution in [-0.2, 0) is 48.5 Å². The molecule has 0 spiro atoms. The van der Waals surface area contributed by atoms with E-state index in [1.807, 2.05) is 72.2 Å². The van der Waals surface area contributed by atoms with Gasteiger partial charge in [0.05, 0.1) is 19.3 Å². The van der Waals surface area contributed by atoms with Crippen LogP contribution in [0.25, 0.3) is 22.3 Å². The molecule has 10 N–H and O–H groups in total. The molecule has 24 heteroatoms. The first-order chi connectivity index (χ1) is 34.6. The van der Waals surface area contributed by atoms with Crippen LogP contribution in [0.1, 0.15) is 63.4 Å². The Bertz CT molecular complexity index is 2880. The Balaban J connectivity index is 0.782. The van der Waals surface area contributed by atoms with Gasteiger partial charge in [-0.1, -0.05) is 71.0 Å². The van der Waals surface area contributed by atoms with Gasteiger partial charge in [-0.25, -0.2) is 39.5 Å². The molecule has 7 unspecified atom stereocenters. The van der Waals surface area contributed by atoms with Crippen LogP contribution >= 0.6 is 0 Å². The van der Waals surface area contributed by atoms with Crippen molar-refractivity contribution in [3.8, 4) is 0 Å². The molecule has 2 aliphatic rings. The molecule has 2 aromatic carbocycles. The number of fused-ring (bicyclic) bond motifs is 2. The van der Waals surface area contributed by atoms with Crippen molar-refractivity contribution >= 4 is 51.8 Å². The number of aromatic nitrogens is 8. The number of nitrogens with two attached hydrogens (primary N) is 2. The fraction of sp³-hybridized carbons (Fsp3) is 0.510. The Morgan fingerprint density at radius 2 is 1.42 bits per heavy atom. The first kappa shape index (κ1) is 52.7. The van der Waals surface area contributed by atoms with Gasteiger partial charge in [0.1, 0.15) is 66.9 Å². The summed E-state index contributed by atoms with van der Waals surface area (Å²) in [4.78, 5) is 54.8. The van der Waals surface area contributed by atoms with Crippen molar-refractivity contribution < 1.29 is 49.0 Å². The van der Waals surface area contributed by atoms with Crippen LogP contribution in [-0.4, -0.2) is 172 Å². The fourth-order valence-electron chi connectivity index (χ4n) is 8.95. The van der Waals surface area contributed by atoms with Crippen LogP contribution in [0.2, 0.25) is 0 Å². The van der Waals surface area contributed by atoms with Gasteiger partial charge in [-0.2, -0.15) is 0 Å². The largest absolute Gasteiger partial charge is 0.448 e. The number of amides is 2. The normalized spacial score (nSPS) is 22.4. The van der Waals surface area contributed by atoms with E-state index >= 15 is 0 Å². The third-order valence-corrected chi connectivity index (χ3v) is 13.4. The lowest BCUT2D eigenvalue weighted by Gasteiger charge is -2.29. The molecule has 0 aliphatic carbocycles. The molecule has 24 nitrogen and oxygen atoms in total. The van der Waals surface area contributed by atoms with Gasteiger partial charge >= 0.3 is 12.2 Å². The van der Waals surface area contributed by atoms with Gasteiger partial charge in [-0.15, -0.1) is 0 Å². The van der Waals surface area contributed by atoms with Gasteiger partial charge in [0, 0.05) is 44.8 Å². The molecule has 0 radical (unpaired) electrons. The highest BCUT2D eigenvalue weighted by molar-refractivity contribution is 5.84. The number of anilines is 3. The average molecular weight is 1010 g/mol. The highest BCUT2D eigenvalue weighted by Gasteiger charge is 2.51. The molecule has 2 saturated heterocycles. The molecular weight excluding hydrogens is 945 g/mol. The predicted molar refractivity (Wildman–Crippen MR) is 268 cm³/mol. The topological polar surface area (TPSA) is 322 Å². The summed E-state index contributed by atoms with van der Waals surface area (Å²) in [6.07, 6.45) is -3.05. The van der Waals surface area contributed by atoms with E-state index in [-0.39, 0.29) is 67.7 Å². The molecule has 2 aliphatic heterocycles. The summed E-state index contributed by atoms with van der Waals surface area (Å²) in [7, 11) is 3.58. The molecule has 0 saturated carbocycles. The van der Waals surface area contributed by atoms with E-state index in [1.54, 1.807) is 14.1 Å². The molecule has 392 valence electrons. The number of carbonyl (C=O) groups is 2. The number of alkyl carbamates (subject to hydrolysis) is 1. The van der Waals surface area contributed by atoms with Crippen LogP contribution < -0.4 is 22.1 Å². The minimum atomic E-state index is -1.92. The number of hydrogen-bond donors (Lipinski definition) is 8. The van der Waals surface area contributed by atoms with Crippen LogP contribution in [0.4, 0.5) is 26.9 Å². The minimum absolute atomic E-state index is 0.00808. The number of nitrogens with one attached hydrogen (secondary N) is 2. The summed E-state index contributed by atoms with van der Waals surface area (Å²) in [6, 6.07) is 15.3. The van der Waals surface area contributed by atoms with Crippen LogP contribution in [0, 0.1) is 0 Å². The quantitative estimate of drug-likeness (QED) is 0.0610. The maximum absolute atomic E-state index is 12.6. The lowest BCUT2D eigenvalue weighted by molar-refractivity contribution is -0.109. The van der Waals surface area contributed by atoms with E-state index in [0.29, 0.717) is 42.2 Å². The van der Waals surface area contributed by atoms with E-state index in [9.17, 15) is 30.0 Å². The second-order valence-corrected chi connectivity index (χ2v) is 20.5. The highest BCUT2D eigenvalue weighted by Crippen LogP contribution is 2.35. The highest BCUT2D eigenvalue weighted by atomic mass is 16.6. The fourth-order valence-corrected chi connectivity index (χ4v) is 8.95. The number of imidazole rings is 2. The van der Waals surface area contributed by atoms with Crippen molar-refractivity contribution in [1.82, 2.24) is 54.2 Å². The lowest BCUT2D eigenvalue weighted by Crippen LogP contribution is -2.48. The first-order valence-corrected chi connectivity index (χ1v) is 24.0. The molecule has 2 fully saturated rings. The number of benzene rings is 2. The molecule has 6 aromatic rings. The maximum atomic E-state index is 12.6. The Hall–Kier alpha value is -6.64. The summed E-state index contributed by atoms with van der Waals surface area (Å²) in [5, 5.41) is 50.5. The number of carbonyl (C=O) groups excluding carboxylic acids is 2. The zero-order valence-electron chi connectivity index (χ0n) is 42.0. The number of likely N-dealkylation sites (N-methyl/N-ethyl adjacent to an activating group) is 2. The zero-order valence-corrected chi connectivity index (χ0v) is 42.0. The summed E-state index contributed by atoms with van der Waals surface area (Å²) in [5.74, 6) is 0.701. The predicted octanol–water partition coefficient (Wildman–Crippen LogP) is 2.01. The van der Waals surface area contributed by atoms with Gasteiger partial charge in [-0.05, 0) is 53.7 Å². The molecule has 6 heterocycles. The molecule has 8 rings (SSSR count). The maximum Gasteiger partial charge on any atom is 0.411 e. The summed E-state index contributed by atoms with van der Waals surface area (Å²) in [6.45, 7) is 11.7. The summed E-state index contributed by atoms with van der Waals surface area (Å²) in [5.41, 5.74) is 14.7. The first-order valence-electron chi connectivity index (χ1n) is 24.0. The van der Waals surface area contributed by atoms with E-state index in [0.717, 1.165) is 16.7 Å². The molecule has 7 atom stereocenters. The van der Waals surface area contributed by atoms with E-state index in [1.165, 1.54) is 28.1 Å². The van der Waals surface area contributed by atoms with Gasteiger partial charge in [0.25, 0.3) is 0 Å². The van der Waals surface area contributed by atoms with E-state index in [2.05, 4.69) is 56.3 Å². The van der Waals surface area contributed by atoms with Crippen molar-refractivity contribution in [2.75, 3.05) is 76.9 Å². The van der Waals surface area contributed by atoms with Crippen LogP contribution in [0.5, 0.6) is 0 Å².